The number of pyridine rings is 1. The molecule has 3 rings (SSSR count). The normalized spacial score (nSPS) is 10.7. The molecule has 0 spiro atoms. The van der Waals surface area contributed by atoms with Crippen LogP contribution in [0.4, 0.5) is 0 Å². The molecule has 0 aliphatic heterocycles. The molecule has 0 N–H and O–H groups in total. The van der Waals surface area contributed by atoms with E-state index >= 15 is 0 Å². The van der Waals surface area contributed by atoms with Gasteiger partial charge in [0.05, 0.1) is 5.52 Å². The molecule has 1 aromatic heterocycles. The molecule has 0 fully saturated rings. The number of rotatable bonds is 2. The highest BCUT2D eigenvalue weighted by Gasteiger charge is 2.11. The Kier molecular flexibility index (Phi) is 3.25. The molecule has 2 aromatic carbocycles. The van der Waals surface area contributed by atoms with Gasteiger partial charge in [0.25, 0.3) is 0 Å². The third-order valence-electron chi connectivity index (χ3n) is 3.30. The summed E-state index contributed by atoms with van der Waals surface area (Å²) in [4.78, 5) is 16.7. The van der Waals surface area contributed by atoms with Crippen LogP contribution in [0.5, 0.6) is 0 Å². The van der Waals surface area contributed by atoms with Gasteiger partial charge in [-0.3, -0.25) is 9.78 Å². The molecule has 0 radical (unpaired) electrons. The number of carbonyl (C=O) groups is 1. The van der Waals surface area contributed by atoms with E-state index in [2.05, 4.69) is 4.98 Å². The molecule has 0 amide bonds. The second-order valence-corrected chi connectivity index (χ2v) is 5.11. The van der Waals surface area contributed by atoms with Crippen LogP contribution in [0.1, 0.15) is 21.5 Å². The number of halogens is 1. The van der Waals surface area contributed by atoms with Gasteiger partial charge in [0.2, 0.25) is 0 Å². The van der Waals surface area contributed by atoms with Crippen LogP contribution in [0.25, 0.3) is 10.9 Å². The van der Waals surface area contributed by atoms with E-state index in [9.17, 15) is 4.79 Å². The standard InChI is InChI=1S/C17H12ClNO/c1-11-4-5-14(10-15(11)18)17(20)13-6-7-16-12(9-13)3-2-8-19-16/h2-10H,1H3. The van der Waals surface area contributed by atoms with Crippen LogP contribution in [0.3, 0.4) is 0 Å². The first kappa shape index (κ1) is 12.8. The molecule has 0 bridgehead atoms. The lowest BCUT2D eigenvalue weighted by Crippen LogP contribution is -2.01. The van der Waals surface area contributed by atoms with Crippen molar-refractivity contribution >= 4 is 28.3 Å². The second kappa shape index (κ2) is 5.06. The summed E-state index contributed by atoms with van der Waals surface area (Å²) in [6, 6.07) is 14.7. The topological polar surface area (TPSA) is 30.0 Å². The SMILES string of the molecule is Cc1ccc(C(=O)c2ccc3ncccc3c2)cc1Cl. The molecule has 0 saturated carbocycles. The maximum atomic E-state index is 12.5. The van der Waals surface area contributed by atoms with Crippen molar-refractivity contribution < 1.29 is 4.79 Å². The minimum absolute atomic E-state index is 0.0300. The zero-order valence-corrected chi connectivity index (χ0v) is 11.7. The van der Waals surface area contributed by atoms with E-state index in [0.29, 0.717) is 16.1 Å². The summed E-state index contributed by atoms with van der Waals surface area (Å²) in [7, 11) is 0. The molecule has 0 saturated heterocycles. The van der Waals surface area contributed by atoms with Crippen molar-refractivity contribution in [3.8, 4) is 0 Å². The Balaban J connectivity index is 2.05. The van der Waals surface area contributed by atoms with Crippen LogP contribution < -0.4 is 0 Å². The van der Waals surface area contributed by atoms with Gasteiger partial charge in [0.1, 0.15) is 0 Å². The zero-order valence-electron chi connectivity index (χ0n) is 10.9. The molecule has 0 aliphatic rings. The highest BCUT2D eigenvalue weighted by atomic mass is 35.5. The van der Waals surface area contributed by atoms with Gasteiger partial charge in [-0.15, -0.1) is 0 Å². The van der Waals surface area contributed by atoms with E-state index in [-0.39, 0.29) is 5.78 Å². The van der Waals surface area contributed by atoms with Crippen LogP contribution in [0, 0.1) is 6.92 Å². The predicted molar refractivity (Wildman–Crippen MR) is 81.4 cm³/mol. The van der Waals surface area contributed by atoms with E-state index in [4.69, 9.17) is 11.6 Å². The third-order valence-corrected chi connectivity index (χ3v) is 3.71. The van der Waals surface area contributed by atoms with Crippen LogP contribution in [0.2, 0.25) is 5.02 Å². The van der Waals surface area contributed by atoms with Crippen molar-refractivity contribution in [2.24, 2.45) is 0 Å². The fourth-order valence-corrected chi connectivity index (χ4v) is 2.30. The molecule has 0 atom stereocenters. The van der Waals surface area contributed by atoms with Gasteiger partial charge in [-0.2, -0.15) is 0 Å². The average Bonchev–Trinajstić information content (AvgIpc) is 2.49. The lowest BCUT2D eigenvalue weighted by molar-refractivity contribution is 0.103. The number of nitrogens with zero attached hydrogens (tertiary/aromatic N) is 1. The third kappa shape index (κ3) is 2.30. The highest BCUT2D eigenvalue weighted by Crippen LogP contribution is 2.21. The monoisotopic (exact) mass is 281 g/mol. The molecular weight excluding hydrogens is 270 g/mol. The molecule has 1 heterocycles. The molecule has 0 unspecified atom stereocenters. The number of hydrogen-bond donors (Lipinski definition) is 0. The number of hydrogen-bond acceptors (Lipinski definition) is 2. The van der Waals surface area contributed by atoms with Crippen molar-refractivity contribution in [3.05, 3.63) is 76.4 Å². The quantitative estimate of drug-likeness (QED) is 0.651. The zero-order chi connectivity index (χ0) is 14.1. The Morgan fingerprint density at radius 2 is 1.80 bits per heavy atom. The number of benzene rings is 2. The van der Waals surface area contributed by atoms with Crippen molar-refractivity contribution in [2.45, 2.75) is 6.92 Å². The van der Waals surface area contributed by atoms with E-state index < -0.39 is 0 Å². The van der Waals surface area contributed by atoms with Gasteiger partial charge in [-0.25, -0.2) is 0 Å². The van der Waals surface area contributed by atoms with Crippen LogP contribution >= 0.6 is 11.6 Å². The second-order valence-electron chi connectivity index (χ2n) is 4.70. The first-order chi connectivity index (χ1) is 9.65. The van der Waals surface area contributed by atoms with Gasteiger partial charge in [0.15, 0.2) is 5.78 Å². The van der Waals surface area contributed by atoms with Crippen molar-refractivity contribution in [1.82, 2.24) is 4.98 Å². The van der Waals surface area contributed by atoms with Crippen molar-refractivity contribution in [1.29, 1.82) is 0 Å². The Labute approximate surface area is 122 Å². The van der Waals surface area contributed by atoms with Crippen LogP contribution in [-0.2, 0) is 0 Å². The Morgan fingerprint density at radius 1 is 1.05 bits per heavy atom. The van der Waals surface area contributed by atoms with Crippen molar-refractivity contribution in [3.63, 3.8) is 0 Å². The minimum Gasteiger partial charge on any atom is -0.289 e. The average molecular weight is 282 g/mol. The maximum Gasteiger partial charge on any atom is 0.193 e. The Morgan fingerprint density at radius 3 is 2.60 bits per heavy atom. The lowest BCUT2D eigenvalue weighted by atomic mass is 10.0. The highest BCUT2D eigenvalue weighted by molar-refractivity contribution is 6.31. The van der Waals surface area contributed by atoms with E-state index in [0.717, 1.165) is 16.5 Å². The molecule has 20 heavy (non-hydrogen) atoms. The number of fused-ring (bicyclic) bond motifs is 1. The number of ketones is 1. The molecule has 98 valence electrons. The maximum absolute atomic E-state index is 12.5. The van der Waals surface area contributed by atoms with E-state index in [1.165, 1.54) is 0 Å². The fraction of sp³-hybridized carbons (Fsp3) is 0.0588. The smallest absolute Gasteiger partial charge is 0.193 e. The summed E-state index contributed by atoms with van der Waals surface area (Å²) in [6.07, 6.45) is 1.74. The molecule has 2 nitrogen and oxygen atoms in total. The van der Waals surface area contributed by atoms with Gasteiger partial charge < -0.3 is 0 Å². The first-order valence-electron chi connectivity index (χ1n) is 6.31. The predicted octanol–water partition coefficient (Wildman–Crippen LogP) is 4.43. The minimum atomic E-state index is -0.0300. The summed E-state index contributed by atoms with van der Waals surface area (Å²) >= 11 is 6.08. The molecule has 3 heteroatoms. The molecule has 0 aliphatic carbocycles. The number of aromatic nitrogens is 1. The van der Waals surface area contributed by atoms with Crippen LogP contribution in [-0.4, -0.2) is 10.8 Å². The largest absolute Gasteiger partial charge is 0.289 e. The number of aryl methyl sites for hydroxylation is 1. The van der Waals surface area contributed by atoms with Crippen molar-refractivity contribution in [2.75, 3.05) is 0 Å². The summed E-state index contributed by atoms with van der Waals surface area (Å²) in [5, 5.41) is 1.56. The molecular formula is C17H12ClNO. The Hall–Kier alpha value is -2.19. The molecule has 3 aromatic rings. The van der Waals surface area contributed by atoms with E-state index in [1.54, 1.807) is 24.4 Å². The fourth-order valence-electron chi connectivity index (χ4n) is 2.12. The first-order valence-corrected chi connectivity index (χ1v) is 6.68. The summed E-state index contributed by atoms with van der Waals surface area (Å²) in [5.41, 5.74) is 3.09. The van der Waals surface area contributed by atoms with Gasteiger partial charge in [-0.1, -0.05) is 29.8 Å². The van der Waals surface area contributed by atoms with Crippen LogP contribution in [0.15, 0.2) is 54.7 Å². The number of carbonyl (C=O) groups excluding carboxylic acids is 1. The lowest BCUT2D eigenvalue weighted by Gasteiger charge is -2.05. The van der Waals surface area contributed by atoms with E-state index in [1.807, 2.05) is 37.3 Å². The van der Waals surface area contributed by atoms with Gasteiger partial charge >= 0.3 is 0 Å². The van der Waals surface area contributed by atoms with Gasteiger partial charge in [-0.05, 0) is 42.8 Å². The summed E-state index contributed by atoms with van der Waals surface area (Å²) in [5.74, 6) is -0.0300. The van der Waals surface area contributed by atoms with Gasteiger partial charge in [0, 0.05) is 27.7 Å². The summed E-state index contributed by atoms with van der Waals surface area (Å²) in [6.45, 7) is 1.91. The Bertz CT molecular complexity index is 811. The summed E-state index contributed by atoms with van der Waals surface area (Å²) < 4.78 is 0.